The van der Waals surface area contributed by atoms with Crippen molar-refractivity contribution in [1.29, 1.82) is 0 Å². The van der Waals surface area contributed by atoms with Crippen LogP contribution in [0.4, 0.5) is 11.4 Å². The van der Waals surface area contributed by atoms with Gasteiger partial charge >= 0.3 is 0 Å². The van der Waals surface area contributed by atoms with Crippen LogP contribution in [0.1, 0.15) is 9.67 Å². The zero-order valence-corrected chi connectivity index (χ0v) is 12.1. The summed E-state index contributed by atoms with van der Waals surface area (Å²) in [4.78, 5) is 24.5. The molecule has 3 rings (SSSR count). The lowest BCUT2D eigenvalue weighted by Crippen LogP contribution is -2.48. The highest BCUT2D eigenvalue weighted by Crippen LogP contribution is 2.18. The SMILES string of the molecule is O=C(Nc1cccc(NC(=O)C2CNC2)c1)c1cccs1. The average Bonchev–Trinajstić information content (AvgIpc) is 2.90. The van der Waals surface area contributed by atoms with Crippen molar-refractivity contribution in [3.63, 3.8) is 0 Å². The summed E-state index contributed by atoms with van der Waals surface area (Å²) >= 11 is 1.39. The first-order chi connectivity index (χ1) is 10.2. The first-order valence-corrected chi connectivity index (χ1v) is 7.57. The van der Waals surface area contributed by atoms with E-state index in [0.29, 0.717) is 16.3 Å². The van der Waals surface area contributed by atoms with Crippen LogP contribution in [0, 0.1) is 5.92 Å². The Balaban J connectivity index is 1.65. The number of anilines is 2. The standard InChI is InChI=1S/C15H15N3O2S/c19-14(10-8-16-9-10)17-11-3-1-4-12(7-11)18-15(20)13-5-2-6-21-13/h1-7,10,16H,8-9H2,(H,17,19)(H,18,20). The summed E-state index contributed by atoms with van der Waals surface area (Å²) in [5.41, 5.74) is 1.36. The summed E-state index contributed by atoms with van der Waals surface area (Å²) < 4.78 is 0. The fraction of sp³-hybridized carbons (Fsp3) is 0.200. The molecule has 0 bridgehead atoms. The number of carbonyl (C=O) groups is 2. The predicted molar refractivity (Wildman–Crippen MR) is 83.7 cm³/mol. The third kappa shape index (κ3) is 3.29. The van der Waals surface area contributed by atoms with Crippen molar-refractivity contribution in [3.05, 3.63) is 46.7 Å². The van der Waals surface area contributed by atoms with E-state index in [-0.39, 0.29) is 17.7 Å². The number of carbonyl (C=O) groups excluding carboxylic acids is 2. The van der Waals surface area contributed by atoms with Gasteiger partial charge in [-0.3, -0.25) is 9.59 Å². The second-order valence-corrected chi connectivity index (χ2v) is 5.80. The molecule has 0 atom stereocenters. The molecular weight excluding hydrogens is 286 g/mol. The van der Waals surface area contributed by atoms with Crippen molar-refractivity contribution in [2.75, 3.05) is 23.7 Å². The highest BCUT2D eigenvalue weighted by Gasteiger charge is 2.24. The van der Waals surface area contributed by atoms with Crippen LogP contribution in [-0.4, -0.2) is 24.9 Å². The molecule has 5 nitrogen and oxygen atoms in total. The number of amides is 2. The Bertz CT molecular complexity index is 651. The summed E-state index contributed by atoms with van der Waals surface area (Å²) in [7, 11) is 0. The van der Waals surface area contributed by atoms with E-state index in [1.54, 1.807) is 24.3 Å². The van der Waals surface area contributed by atoms with Crippen molar-refractivity contribution in [3.8, 4) is 0 Å². The van der Waals surface area contributed by atoms with Crippen LogP contribution < -0.4 is 16.0 Å². The van der Waals surface area contributed by atoms with Gasteiger partial charge in [-0.05, 0) is 29.6 Å². The third-order valence-electron chi connectivity index (χ3n) is 3.29. The van der Waals surface area contributed by atoms with Crippen LogP contribution in [0.3, 0.4) is 0 Å². The van der Waals surface area contributed by atoms with Crippen LogP contribution in [-0.2, 0) is 4.79 Å². The second-order valence-electron chi connectivity index (χ2n) is 4.86. The van der Waals surface area contributed by atoms with Gasteiger partial charge in [-0.1, -0.05) is 12.1 Å². The summed E-state index contributed by atoms with van der Waals surface area (Å²) in [6.45, 7) is 1.45. The van der Waals surface area contributed by atoms with Crippen LogP contribution in [0.5, 0.6) is 0 Å². The highest BCUT2D eigenvalue weighted by atomic mass is 32.1. The first-order valence-electron chi connectivity index (χ1n) is 6.69. The molecule has 2 aromatic rings. The van der Waals surface area contributed by atoms with Crippen molar-refractivity contribution in [2.24, 2.45) is 5.92 Å². The highest BCUT2D eigenvalue weighted by molar-refractivity contribution is 7.12. The Morgan fingerprint density at radius 1 is 1.10 bits per heavy atom. The van der Waals surface area contributed by atoms with E-state index in [0.717, 1.165) is 13.1 Å². The van der Waals surface area contributed by atoms with Gasteiger partial charge < -0.3 is 16.0 Å². The van der Waals surface area contributed by atoms with E-state index in [4.69, 9.17) is 0 Å². The monoisotopic (exact) mass is 301 g/mol. The molecule has 0 saturated carbocycles. The smallest absolute Gasteiger partial charge is 0.265 e. The number of benzene rings is 1. The van der Waals surface area contributed by atoms with Crippen molar-refractivity contribution < 1.29 is 9.59 Å². The van der Waals surface area contributed by atoms with E-state index < -0.39 is 0 Å². The van der Waals surface area contributed by atoms with Crippen LogP contribution in [0.2, 0.25) is 0 Å². The van der Waals surface area contributed by atoms with Gasteiger partial charge in [0, 0.05) is 24.5 Å². The molecule has 1 aromatic carbocycles. The normalized spacial score (nSPS) is 14.3. The van der Waals surface area contributed by atoms with Crippen LogP contribution >= 0.6 is 11.3 Å². The van der Waals surface area contributed by atoms with E-state index in [1.165, 1.54) is 11.3 Å². The topological polar surface area (TPSA) is 70.2 Å². The molecule has 1 aliphatic heterocycles. The maximum Gasteiger partial charge on any atom is 0.265 e. The molecule has 1 aromatic heterocycles. The lowest BCUT2D eigenvalue weighted by molar-refractivity contribution is -0.121. The summed E-state index contributed by atoms with van der Waals surface area (Å²) in [6, 6.07) is 10.8. The largest absolute Gasteiger partial charge is 0.326 e. The Morgan fingerprint density at radius 2 is 1.86 bits per heavy atom. The van der Waals surface area contributed by atoms with Crippen LogP contribution in [0.15, 0.2) is 41.8 Å². The number of hydrogen-bond acceptors (Lipinski definition) is 4. The average molecular weight is 301 g/mol. The Morgan fingerprint density at radius 3 is 2.48 bits per heavy atom. The minimum absolute atomic E-state index is 0.00971. The first kappa shape index (κ1) is 13.8. The fourth-order valence-electron chi connectivity index (χ4n) is 1.99. The molecule has 6 heteroatoms. The summed E-state index contributed by atoms with van der Waals surface area (Å²) in [5, 5.41) is 10.6. The van der Waals surface area contributed by atoms with Gasteiger partial charge in [0.25, 0.3) is 5.91 Å². The molecule has 2 amide bonds. The quantitative estimate of drug-likeness (QED) is 0.810. The van der Waals surface area contributed by atoms with Gasteiger partial charge in [0.2, 0.25) is 5.91 Å². The molecule has 1 aliphatic rings. The molecule has 108 valence electrons. The van der Waals surface area contributed by atoms with E-state index in [9.17, 15) is 9.59 Å². The number of hydrogen-bond donors (Lipinski definition) is 3. The molecule has 2 heterocycles. The van der Waals surface area contributed by atoms with Gasteiger partial charge in [-0.25, -0.2) is 0 Å². The minimum Gasteiger partial charge on any atom is -0.326 e. The molecule has 1 saturated heterocycles. The lowest BCUT2D eigenvalue weighted by Gasteiger charge is -2.25. The molecule has 0 unspecified atom stereocenters. The molecule has 3 N–H and O–H groups in total. The second kappa shape index (κ2) is 6.07. The zero-order valence-electron chi connectivity index (χ0n) is 11.3. The number of rotatable bonds is 4. The maximum absolute atomic E-state index is 12.0. The van der Waals surface area contributed by atoms with Crippen LogP contribution in [0.25, 0.3) is 0 Å². The minimum atomic E-state index is -0.142. The Labute approximate surface area is 126 Å². The van der Waals surface area contributed by atoms with Gasteiger partial charge in [-0.2, -0.15) is 0 Å². The Hall–Kier alpha value is -2.18. The van der Waals surface area contributed by atoms with Gasteiger partial charge in [0.05, 0.1) is 10.8 Å². The number of nitrogens with one attached hydrogen (secondary N) is 3. The Kier molecular flexibility index (Phi) is 3.98. The molecule has 1 fully saturated rings. The molecule has 0 spiro atoms. The van der Waals surface area contributed by atoms with E-state index in [1.807, 2.05) is 17.5 Å². The van der Waals surface area contributed by atoms with Crippen molar-refractivity contribution >= 4 is 34.5 Å². The summed E-state index contributed by atoms with van der Waals surface area (Å²) in [5.74, 6) is -0.0958. The summed E-state index contributed by atoms with van der Waals surface area (Å²) in [6.07, 6.45) is 0. The van der Waals surface area contributed by atoms with E-state index in [2.05, 4.69) is 16.0 Å². The van der Waals surface area contributed by atoms with Crippen molar-refractivity contribution in [1.82, 2.24) is 5.32 Å². The van der Waals surface area contributed by atoms with Gasteiger partial charge in [-0.15, -0.1) is 11.3 Å². The van der Waals surface area contributed by atoms with Gasteiger partial charge in [0.15, 0.2) is 0 Å². The fourth-order valence-corrected chi connectivity index (χ4v) is 2.61. The van der Waals surface area contributed by atoms with E-state index >= 15 is 0 Å². The molecule has 0 radical (unpaired) electrons. The maximum atomic E-state index is 12.0. The lowest BCUT2D eigenvalue weighted by atomic mass is 10.0. The molecule has 0 aliphatic carbocycles. The van der Waals surface area contributed by atoms with Crippen molar-refractivity contribution in [2.45, 2.75) is 0 Å². The third-order valence-corrected chi connectivity index (χ3v) is 4.15. The van der Waals surface area contributed by atoms with Gasteiger partial charge in [0.1, 0.15) is 0 Å². The molecule has 21 heavy (non-hydrogen) atoms. The predicted octanol–water partition coefficient (Wildman–Crippen LogP) is 2.16. The zero-order chi connectivity index (χ0) is 14.7. The molecular formula is C15H15N3O2S. The number of thiophene rings is 1.